The number of carbonyl (C=O) groups is 1. The van der Waals surface area contributed by atoms with E-state index in [9.17, 15) is 4.79 Å². The zero-order chi connectivity index (χ0) is 13.5. The van der Waals surface area contributed by atoms with Gasteiger partial charge in [0.25, 0.3) is 0 Å². The molecule has 100 valence electrons. The Morgan fingerprint density at radius 2 is 1.95 bits per heavy atom. The van der Waals surface area contributed by atoms with Gasteiger partial charge in [-0.15, -0.1) is 0 Å². The van der Waals surface area contributed by atoms with E-state index in [1.54, 1.807) is 13.0 Å². The van der Waals surface area contributed by atoms with Gasteiger partial charge in [0, 0.05) is 18.8 Å². The van der Waals surface area contributed by atoms with Crippen molar-refractivity contribution in [1.29, 1.82) is 0 Å². The lowest BCUT2D eigenvalue weighted by Gasteiger charge is -2.28. The van der Waals surface area contributed by atoms with Crippen molar-refractivity contribution in [1.82, 2.24) is 4.90 Å². The molecule has 1 heterocycles. The summed E-state index contributed by atoms with van der Waals surface area (Å²) in [6, 6.07) is 10.4. The van der Waals surface area contributed by atoms with Gasteiger partial charge in [-0.3, -0.25) is 4.79 Å². The van der Waals surface area contributed by atoms with Crippen LogP contribution in [0.25, 0.3) is 0 Å². The van der Waals surface area contributed by atoms with Gasteiger partial charge < -0.3 is 4.90 Å². The first-order valence-electron chi connectivity index (χ1n) is 6.91. The zero-order valence-electron chi connectivity index (χ0n) is 11.5. The fourth-order valence-corrected chi connectivity index (χ4v) is 2.38. The molecule has 1 aromatic carbocycles. The van der Waals surface area contributed by atoms with E-state index in [1.807, 2.05) is 6.07 Å². The average molecular weight is 255 g/mol. The van der Waals surface area contributed by atoms with Crippen molar-refractivity contribution in [2.75, 3.05) is 6.54 Å². The van der Waals surface area contributed by atoms with Gasteiger partial charge in [0.2, 0.25) is 0 Å². The number of rotatable bonds is 3. The number of allylic oxidation sites excluding steroid dienone is 3. The number of benzene rings is 1. The van der Waals surface area contributed by atoms with E-state index in [0.717, 1.165) is 32.4 Å². The highest BCUT2D eigenvalue weighted by molar-refractivity contribution is 5.87. The van der Waals surface area contributed by atoms with Gasteiger partial charge in [-0.1, -0.05) is 42.5 Å². The molecule has 0 aromatic heterocycles. The van der Waals surface area contributed by atoms with Gasteiger partial charge in [-0.25, -0.2) is 0 Å². The number of hydrogen-bond acceptors (Lipinski definition) is 2. The molecule has 2 rings (SSSR count). The number of ketones is 1. The molecule has 0 saturated heterocycles. The van der Waals surface area contributed by atoms with Crippen LogP contribution in [0.1, 0.15) is 31.7 Å². The number of carbonyl (C=O) groups excluding carboxylic acids is 1. The summed E-state index contributed by atoms with van der Waals surface area (Å²) in [7, 11) is 0. The molecule has 0 radical (unpaired) electrons. The van der Waals surface area contributed by atoms with Crippen LogP contribution in [0.4, 0.5) is 0 Å². The third-order valence-corrected chi connectivity index (χ3v) is 3.29. The normalized spacial score (nSPS) is 19.8. The molecule has 0 saturated carbocycles. The van der Waals surface area contributed by atoms with E-state index in [-0.39, 0.29) is 5.78 Å². The summed E-state index contributed by atoms with van der Waals surface area (Å²) in [4.78, 5) is 13.7. The van der Waals surface area contributed by atoms with E-state index in [2.05, 4.69) is 41.3 Å². The number of hydrogen-bond donors (Lipinski definition) is 0. The van der Waals surface area contributed by atoms with Crippen molar-refractivity contribution < 1.29 is 4.79 Å². The lowest BCUT2D eigenvalue weighted by atomic mass is 10.1. The van der Waals surface area contributed by atoms with Crippen LogP contribution in [0.3, 0.4) is 0 Å². The summed E-state index contributed by atoms with van der Waals surface area (Å²) < 4.78 is 0. The van der Waals surface area contributed by atoms with Crippen LogP contribution < -0.4 is 0 Å². The molecule has 0 amide bonds. The molecule has 0 unspecified atom stereocenters. The minimum atomic E-state index is 0.137. The molecule has 0 fully saturated rings. The van der Waals surface area contributed by atoms with Crippen LogP contribution in [-0.4, -0.2) is 17.2 Å². The van der Waals surface area contributed by atoms with Gasteiger partial charge in [-0.05, 0) is 37.8 Å². The second-order valence-electron chi connectivity index (χ2n) is 4.95. The van der Waals surface area contributed by atoms with Gasteiger partial charge >= 0.3 is 0 Å². The standard InChI is InChI=1S/C17H21NO/c1-15(19)13-17-11-7-2-3-8-12-18(17)14-16-9-5-4-6-10-16/h2-6,9-10,13H,7-8,11-12,14H2,1H3/b3-2-,17-13+. The van der Waals surface area contributed by atoms with Crippen molar-refractivity contribution in [2.24, 2.45) is 0 Å². The van der Waals surface area contributed by atoms with Gasteiger partial charge in [0.1, 0.15) is 0 Å². The van der Waals surface area contributed by atoms with Crippen LogP contribution in [-0.2, 0) is 11.3 Å². The Labute approximate surface area is 115 Å². The van der Waals surface area contributed by atoms with Crippen LogP contribution in [0.2, 0.25) is 0 Å². The first-order valence-corrected chi connectivity index (χ1v) is 6.91. The third kappa shape index (κ3) is 4.40. The second-order valence-corrected chi connectivity index (χ2v) is 4.95. The van der Waals surface area contributed by atoms with Crippen LogP contribution in [0.15, 0.2) is 54.3 Å². The highest BCUT2D eigenvalue weighted by Crippen LogP contribution is 2.19. The van der Waals surface area contributed by atoms with Crippen LogP contribution in [0, 0.1) is 0 Å². The predicted molar refractivity (Wildman–Crippen MR) is 78.6 cm³/mol. The molecule has 0 bridgehead atoms. The minimum absolute atomic E-state index is 0.137. The summed E-state index contributed by atoms with van der Waals surface area (Å²) in [6.45, 7) is 3.49. The van der Waals surface area contributed by atoms with Gasteiger partial charge in [0.15, 0.2) is 5.78 Å². The summed E-state index contributed by atoms with van der Waals surface area (Å²) in [6.07, 6.45) is 9.26. The average Bonchev–Trinajstić information content (AvgIpc) is 2.38. The Bertz CT molecular complexity index is 473. The maximum Gasteiger partial charge on any atom is 0.154 e. The molecular weight excluding hydrogens is 234 g/mol. The maximum absolute atomic E-state index is 11.4. The fraction of sp³-hybridized carbons (Fsp3) is 0.353. The Morgan fingerprint density at radius 1 is 1.21 bits per heavy atom. The molecule has 0 spiro atoms. The number of nitrogens with zero attached hydrogens (tertiary/aromatic N) is 1. The summed E-state index contributed by atoms with van der Waals surface area (Å²) >= 11 is 0. The molecule has 1 aliphatic heterocycles. The molecule has 0 atom stereocenters. The predicted octanol–water partition coefficient (Wildman–Crippen LogP) is 3.70. The lowest BCUT2D eigenvalue weighted by molar-refractivity contribution is -0.112. The smallest absolute Gasteiger partial charge is 0.154 e. The molecular formula is C17H21NO. The topological polar surface area (TPSA) is 20.3 Å². The Balaban J connectivity index is 2.16. The zero-order valence-corrected chi connectivity index (χ0v) is 11.5. The van der Waals surface area contributed by atoms with Crippen molar-refractivity contribution >= 4 is 5.78 Å². The molecule has 2 nitrogen and oxygen atoms in total. The van der Waals surface area contributed by atoms with E-state index >= 15 is 0 Å². The SMILES string of the molecule is CC(=O)/C=C1\CC/C=C\CCN1Cc1ccccc1. The third-order valence-electron chi connectivity index (χ3n) is 3.29. The fourth-order valence-electron chi connectivity index (χ4n) is 2.38. The maximum atomic E-state index is 11.4. The van der Waals surface area contributed by atoms with Crippen molar-refractivity contribution in [3.8, 4) is 0 Å². The summed E-state index contributed by atoms with van der Waals surface area (Å²) in [5.41, 5.74) is 2.46. The Hall–Kier alpha value is -1.83. The Kier molecular flexibility index (Phi) is 4.96. The van der Waals surface area contributed by atoms with Crippen molar-refractivity contribution in [3.05, 3.63) is 59.8 Å². The van der Waals surface area contributed by atoms with Gasteiger partial charge in [0.05, 0.1) is 0 Å². The van der Waals surface area contributed by atoms with E-state index in [1.165, 1.54) is 11.3 Å². The molecule has 1 aliphatic rings. The molecule has 0 N–H and O–H groups in total. The minimum Gasteiger partial charge on any atom is -0.370 e. The highest BCUT2D eigenvalue weighted by Gasteiger charge is 2.11. The van der Waals surface area contributed by atoms with Crippen molar-refractivity contribution in [3.63, 3.8) is 0 Å². The monoisotopic (exact) mass is 255 g/mol. The largest absolute Gasteiger partial charge is 0.370 e. The van der Waals surface area contributed by atoms with Crippen molar-refractivity contribution in [2.45, 2.75) is 32.7 Å². The van der Waals surface area contributed by atoms with E-state index in [0.29, 0.717) is 0 Å². The molecule has 0 aliphatic carbocycles. The second kappa shape index (κ2) is 6.93. The summed E-state index contributed by atoms with van der Waals surface area (Å²) in [5, 5.41) is 0. The van der Waals surface area contributed by atoms with E-state index < -0.39 is 0 Å². The highest BCUT2D eigenvalue weighted by atomic mass is 16.1. The quantitative estimate of drug-likeness (QED) is 0.606. The first-order chi connectivity index (χ1) is 9.25. The first kappa shape index (κ1) is 13.6. The van der Waals surface area contributed by atoms with Gasteiger partial charge in [-0.2, -0.15) is 0 Å². The van der Waals surface area contributed by atoms with E-state index in [4.69, 9.17) is 0 Å². The van der Waals surface area contributed by atoms with Crippen LogP contribution >= 0.6 is 0 Å². The lowest BCUT2D eigenvalue weighted by Crippen LogP contribution is -2.25. The molecule has 19 heavy (non-hydrogen) atoms. The Morgan fingerprint density at radius 3 is 2.68 bits per heavy atom. The summed E-state index contributed by atoms with van der Waals surface area (Å²) in [5.74, 6) is 0.137. The molecule has 1 aromatic rings. The molecule has 2 heteroatoms. The van der Waals surface area contributed by atoms with Crippen LogP contribution in [0.5, 0.6) is 0 Å².